The maximum Gasteiger partial charge on any atom is 0.289 e. The van der Waals surface area contributed by atoms with Crippen molar-refractivity contribution >= 4 is 23.5 Å². The van der Waals surface area contributed by atoms with Gasteiger partial charge < -0.3 is 20.3 Å². The zero-order valence-electron chi connectivity index (χ0n) is 21.5. The maximum atomic E-state index is 13.6. The number of ether oxygens (including phenoxy) is 1. The van der Waals surface area contributed by atoms with Gasteiger partial charge in [0, 0.05) is 37.9 Å². The smallest absolute Gasteiger partial charge is 0.289 e. The second-order valence-corrected chi connectivity index (χ2v) is 9.87. The minimum absolute atomic E-state index is 0.0383. The Morgan fingerprint density at radius 1 is 1.05 bits per heavy atom. The third-order valence-electron chi connectivity index (χ3n) is 7.08. The Kier molecular flexibility index (Phi) is 9.34. The molecular weight excluding hydrogens is 510 g/mol. The fourth-order valence-corrected chi connectivity index (χ4v) is 4.85. The molecule has 2 heterocycles. The summed E-state index contributed by atoms with van der Waals surface area (Å²) in [6.07, 6.45) is 0.978. The summed E-state index contributed by atoms with van der Waals surface area (Å²) in [6, 6.07) is 11.9. The molecule has 0 unspecified atom stereocenters. The van der Waals surface area contributed by atoms with E-state index in [2.05, 4.69) is 15.6 Å². The Labute approximate surface area is 225 Å². The van der Waals surface area contributed by atoms with E-state index in [1.54, 1.807) is 48.7 Å². The number of carbonyl (C=O) groups is 4. The van der Waals surface area contributed by atoms with Crippen LogP contribution in [0.3, 0.4) is 0 Å². The number of hydrogen-bond acceptors (Lipinski definition) is 6. The highest BCUT2D eigenvalue weighted by Gasteiger charge is 2.42. The molecule has 2 N–H and O–H groups in total. The van der Waals surface area contributed by atoms with Gasteiger partial charge in [0.05, 0.1) is 25.5 Å². The summed E-state index contributed by atoms with van der Waals surface area (Å²) >= 11 is 0. The van der Waals surface area contributed by atoms with Crippen molar-refractivity contribution in [2.45, 2.75) is 56.7 Å². The molecule has 2 fully saturated rings. The average molecular weight is 543 g/mol. The summed E-state index contributed by atoms with van der Waals surface area (Å²) < 4.78 is 32.7. The molecule has 4 rings (SSSR count). The molecule has 1 saturated carbocycles. The van der Waals surface area contributed by atoms with E-state index < -0.39 is 41.5 Å². The predicted octanol–water partition coefficient (Wildman–Crippen LogP) is 2.05. The van der Waals surface area contributed by atoms with Crippen molar-refractivity contribution < 1.29 is 32.7 Å². The molecule has 1 aromatic heterocycles. The van der Waals surface area contributed by atoms with Crippen molar-refractivity contribution in [2.24, 2.45) is 5.92 Å². The van der Waals surface area contributed by atoms with Crippen LogP contribution in [0.15, 0.2) is 54.7 Å². The second-order valence-electron chi connectivity index (χ2n) is 9.87. The fourth-order valence-electron chi connectivity index (χ4n) is 4.85. The van der Waals surface area contributed by atoms with Crippen molar-refractivity contribution in [1.82, 2.24) is 20.5 Å². The molecule has 2 atom stereocenters. The minimum atomic E-state index is -2.78. The molecule has 2 aromatic rings. The van der Waals surface area contributed by atoms with Crippen molar-refractivity contribution in [1.29, 1.82) is 0 Å². The molecule has 39 heavy (non-hydrogen) atoms. The van der Waals surface area contributed by atoms with E-state index in [0.29, 0.717) is 5.69 Å². The summed E-state index contributed by atoms with van der Waals surface area (Å²) in [5.41, 5.74) is 1.29. The first-order valence-electron chi connectivity index (χ1n) is 13.1. The van der Waals surface area contributed by atoms with Gasteiger partial charge in [-0.15, -0.1) is 0 Å². The number of aromatic nitrogens is 1. The van der Waals surface area contributed by atoms with E-state index in [1.807, 2.05) is 6.07 Å². The lowest BCUT2D eigenvalue weighted by molar-refractivity contribution is -0.155. The zero-order chi connectivity index (χ0) is 27.8. The molecule has 0 spiro atoms. The van der Waals surface area contributed by atoms with Crippen LogP contribution in [0.5, 0.6) is 0 Å². The highest BCUT2D eigenvalue weighted by Crippen LogP contribution is 2.37. The number of pyridine rings is 1. The van der Waals surface area contributed by atoms with Gasteiger partial charge >= 0.3 is 0 Å². The van der Waals surface area contributed by atoms with Gasteiger partial charge in [0.2, 0.25) is 23.5 Å². The van der Waals surface area contributed by atoms with E-state index >= 15 is 0 Å². The highest BCUT2D eigenvalue weighted by atomic mass is 19.3. The summed E-state index contributed by atoms with van der Waals surface area (Å²) in [5, 5.41) is 5.20. The molecule has 0 radical (unpaired) electrons. The number of rotatable bonds is 9. The van der Waals surface area contributed by atoms with Gasteiger partial charge in [-0.05, 0) is 30.5 Å². The lowest BCUT2D eigenvalue weighted by atomic mass is 9.85. The van der Waals surface area contributed by atoms with Gasteiger partial charge in [0.25, 0.3) is 5.91 Å². The van der Waals surface area contributed by atoms with E-state index in [0.717, 1.165) is 5.56 Å². The standard InChI is InChI=1S/C28H32F2N4O5/c29-28(30)11-9-20(10-12-28)27(38)34-14-15-39-18-23(34)25(36)33-22(16-19-6-2-1-3-7-19)24(35)26(37)32-17-21-8-4-5-13-31-21/h1-8,13,20,22-23H,9-12,14-18H2,(H,32,37)(H,33,36)/t22-,23-/m1/s1. The fraction of sp³-hybridized carbons (Fsp3) is 0.464. The van der Waals surface area contributed by atoms with Gasteiger partial charge in [-0.3, -0.25) is 24.2 Å². The Hall–Kier alpha value is -3.73. The number of ketones is 1. The van der Waals surface area contributed by atoms with Gasteiger partial charge in [-0.25, -0.2) is 8.78 Å². The monoisotopic (exact) mass is 542 g/mol. The van der Waals surface area contributed by atoms with Gasteiger partial charge in [-0.1, -0.05) is 36.4 Å². The Morgan fingerprint density at radius 2 is 1.77 bits per heavy atom. The van der Waals surface area contributed by atoms with Crippen LogP contribution >= 0.6 is 0 Å². The lowest BCUT2D eigenvalue weighted by Gasteiger charge is -2.38. The number of hydrogen-bond donors (Lipinski definition) is 2. The molecule has 1 saturated heterocycles. The van der Waals surface area contributed by atoms with Crippen LogP contribution in [-0.2, 0) is 36.9 Å². The van der Waals surface area contributed by atoms with Crippen molar-refractivity contribution in [3.8, 4) is 0 Å². The Bertz CT molecular complexity index is 1160. The number of nitrogens with zero attached hydrogens (tertiary/aromatic N) is 2. The molecule has 11 heteroatoms. The number of benzene rings is 1. The topological polar surface area (TPSA) is 118 Å². The van der Waals surface area contributed by atoms with Crippen LogP contribution in [0.2, 0.25) is 0 Å². The number of carbonyl (C=O) groups excluding carboxylic acids is 4. The van der Waals surface area contributed by atoms with E-state index in [9.17, 15) is 28.0 Å². The quantitative estimate of drug-likeness (QED) is 0.469. The first kappa shape index (κ1) is 28.3. The van der Waals surface area contributed by atoms with E-state index in [4.69, 9.17) is 4.74 Å². The zero-order valence-corrected chi connectivity index (χ0v) is 21.5. The summed E-state index contributed by atoms with van der Waals surface area (Å²) in [7, 11) is 0. The van der Waals surface area contributed by atoms with Crippen LogP contribution in [0, 0.1) is 5.92 Å². The molecule has 1 aliphatic carbocycles. The molecular formula is C28H32F2N4O5. The van der Waals surface area contributed by atoms with Gasteiger partial charge in [0.15, 0.2) is 0 Å². The summed E-state index contributed by atoms with van der Waals surface area (Å²) in [4.78, 5) is 58.0. The SMILES string of the molecule is O=C(NCc1ccccn1)C(=O)[C@@H](Cc1ccccc1)NC(=O)[C@H]1COCCN1C(=O)C1CCC(F)(F)CC1. The van der Waals surface area contributed by atoms with Gasteiger partial charge in [0.1, 0.15) is 12.1 Å². The molecule has 1 aliphatic heterocycles. The number of nitrogens with one attached hydrogen (secondary N) is 2. The molecule has 9 nitrogen and oxygen atoms in total. The van der Waals surface area contributed by atoms with Crippen LogP contribution < -0.4 is 10.6 Å². The van der Waals surface area contributed by atoms with Gasteiger partial charge in [-0.2, -0.15) is 0 Å². The predicted molar refractivity (Wildman–Crippen MR) is 136 cm³/mol. The molecule has 3 amide bonds. The van der Waals surface area contributed by atoms with Crippen LogP contribution in [-0.4, -0.2) is 71.2 Å². The first-order valence-corrected chi connectivity index (χ1v) is 13.1. The average Bonchev–Trinajstić information content (AvgIpc) is 2.96. The van der Waals surface area contributed by atoms with Crippen molar-refractivity contribution in [3.05, 3.63) is 66.0 Å². The van der Waals surface area contributed by atoms with E-state index in [1.165, 1.54) is 4.90 Å². The number of alkyl halides is 2. The third-order valence-corrected chi connectivity index (χ3v) is 7.08. The number of halogens is 2. The Balaban J connectivity index is 1.45. The van der Waals surface area contributed by atoms with Crippen LogP contribution in [0.1, 0.15) is 36.9 Å². The van der Waals surface area contributed by atoms with Crippen molar-refractivity contribution in [3.63, 3.8) is 0 Å². The number of morpholine rings is 1. The van der Waals surface area contributed by atoms with Crippen LogP contribution in [0.25, 0.3) is 0 Å². The Morgan fingerprint density at radius 3 is 2.46 bits per heavy atom. The number of amides is 3. The largest absolute Gasteiger partial charge is 0.377 e. The molecule has 1 aromatic carbocycles. The lowest BCUT2D eigenvalue weighted by Crippen LogP contribution is -2.60. The van der Waals surface area contributed by atoms with Crippen molar-refractivity contribution in [2.75, 3.05) is 19.8 Å². The number of Topliss-reactive ketones (excluding diaryl/α,β-unsaturated/α-hetero) is 1. The summed E-state index contributed by atoms with van der Waals surface area (Å²) in [5.74, 6) is -6.10. The molecule has 2 aliphatic rings. The van der Waals surface area contributed by atoms with E-state index in [-0.39, 0.29) is 64.3 Å². The first-order chi connectivity index (χ1) is 18.7. The molecule has 208 valence electrons. The third kappa shape index (κ3) is 7.66. The molecule has 0 bridgehead atoms. The summed E-state index contributed by atoms with van der Waals surface area (Å²) in [6.45, 7) is 0.279. The highest BCUT2D eigenvalue weighted by molar-refractivity contribution is 6.38. The second kappa shape index (κ2) is 12.9. The maximum absolute atomic E-state index is 13.6. The normalized spacial score (nSPS) is 20.1. The minimum Gasteiger partial charge on any atom is -0.377 e. The van der Waals surface area contributed by atoms with Crippen LogP contribution in [0.4, 0.5) is 8.78 Å².